The first-order valence-corrected chi connectivity index (χ1v) is 5.46. The van der Waals surface area contributed by atoms with Crippen LogP contribution in [0.2, 0.25) is 5.15 Å². The van der Waals surface area contributed by atoms with E-state index in [-0.39, 0.29) is 0 Å². The molecular formula is C11H11ClN4. The molecular weight excluding hydrogens is 224 g/mol. The summed E-state index contributed by atoms with van der Waals surface area (Å²) in [6.45, 7) is 2.09. The Kier molecular flexibility index (Phi) is 3.41. The van der Waals surface area contributed by atoms with Gasteiger partial charge in [-0.15, -0.1) is 0 Å². The highest BCUT2D eigenvalue weighted by molar-refractivity contribution is 6.30. The Morgan fingerprint density at radius 3 is 2.75 bits per heavy atom. The fourth-order valence-corrected chi connectivity index (χ4v) is 1.73. The van der Waals surface area contributed by atoms with Crippen LogP contribution >= 0.6 is 11.6 Å². The van der Waals surface area contributed by atoms with Gasteiger partial charge in [-0.2, -0.15) is 0 Å². The van der Waals surface area contributed by atoms with E-state index in [2.05, 4.69) is 26.9 Å². The molecule has 0 unspecified atom stereocenters. The molecule has 5 heteroatoms. The summed E-state index contributed by atoms with van der Waals surface area (Å²) in [5.41, 5.74) is 2.44. The Hall–Kier alpha value is -1.55. The molecule has 82 valence electrons. The van der Waals surface area contributed by atoms with Crippen molar-refractivity contribution < 1.29 is 0 Å². The Morgan fingerprint density at radius 1 is 1.19 bits per heavy atom. The summed E-state index contributed by atoms with van der Waals surface area (Å²) in [4.78, 5) is 16.5. The van der Waals surface area contributed by atoms with Gasteiger partial charge >= 0.3 is 0 Å². The second kappa shape index (κ2) is 4.99. The van der Waals surface area contributed by atoms with E-state index in [1.807, 2.05) is 0 Å². The first-order valence-electron chi connectivity index (χ1n) is 5.08. The molecule has 0 N–H and O–H groups in total. The molecule has 0 spiro atoms. The number of rotatable bonds is 3. The normalized spacial score (nSPS) is 10.4. The zero-order chi connectivity index (χ0) is 11.4. The first kappa shape index (κ1) is 11.0. The van der Waals surface area contributed by atoms with E-state index in [0.29, 0.717) is 5.15 Å². The molecule has 2 heterocycles. The van der Waals surface area contributed by atoms with Gasteiger partial charge in [-0.1, -0.05) is 24.9 Å². The summed E-state index contributed by atoms with van der Waals surface area (Å²) in [7, 11) is 0. The van der Waals surface area contributed by atoms with Gasteiger partial charge in [-0.3, -0.25) is 9.97 Å². The molecule has 0 radical (unpaired) electrons. The minimum Gasteiger partial charge on any atom is -0.261 e. The van der Waals surface area contributed by atoms with E-state index in [4.69, 9.17) is 11.6 Å². The van der Waals surface area contributed by atoms with Gasteiger partial charge in [0.15, 0.2) is 0 Å². The molecule has 0 aliphatic rings. The number of hydrogen-bond acceptors (Lipinski definition) is 4. The van der Waals surface area contributed by atoms with Gasteiger partial charge in [-0.05, 0) is 6.42 Å². The summed E-state index contributed by atoms with van der Waals surface area (Å²) in [5.74, 6) is 0. The van der Waals surface area contributed by atoms with Crippen LogP contribution in [0.15, 0.2) is 24.9 Å². The zero-order valence-corrected chi connectivity index (χ0v) is 9.65. The van der Waals surface area contributed by atoms with Gasteiger partial charge in [-0.25, -0.2) is 9.97 Å². The average Bonchev–Trinajstić information content (AvgIpc) is 2.33. The van der Waals surface area contributed by atoms with Crippen LogP contribution < -0.4 is 0 Å². The summed E-state index contributed by atoms with van der Waals surface area (Å²) in [6.07, 6.45) is 8.22. The van der Waals surface area contributed by atoms with Crippen molar-refractivity contribution in [2.45, 2.75) is 19.8 Å². The van der Waals surface area contributed by atoms with Crippen molar-refractivity contribution in [2.75, 3.05) is 0 Å². The second-order valence-corrected chi connectivity index (χ2v) is 3.69. The van der Waals surface area contributed by atoms with E-state index < -0.39 is 0 Å². The fourth-order valence-electron chi connectivity index (χ4n) is 1.50. The minimum atomic E-state index is 0.498. The van der Waals surface area contributed by atoms with Gasteiger partial charge in [0.2, 0.25) is 0 Å². The predicted molar refractivity (Wildman–Crippen MR) is 62.1 cm³/mol. The lowest BCUT2D eigenvalue weighted by atomic mass is 10.1. The van der Waals surface area contributed by atoms with Crippen molar-refractivity contribution in [3.63, 3.8) is 0 Å². The molecule has 0 saturated carbocycles. The number of nitrogens with zero attached hydrogens (tertiary/aromatic N) is 4. The molecule has 0 atom stereocenters. The Balaban J connectivity index is 2.52. The molecule has 0 bridgehead atoms. The highest BCUT2D eigenvalue weighted by Gasteiger charge is 2.11. The van der Waals surface area contributed by atoms with E-state index >= 15 is 0 Å². The minimum absolute atomic E-state index is 0.498. The molecule has 0 aliphatic carbocycles. The van der Waals surface area contributed by atoms with Crippen molar-refractivity contribution in [2.24, 2.45) is 0 Å². The Labute approximate surface area is 98.8 Å². The first-order chi connectivity index (χ1) is 7.83. The zero-order valence-electron chi connectivity index (χ0n) is 8.89. The average molecular weight is 235 g/mol. The third-order valence-electron chi connectivity index (χ3n) is 2.20. The topological polar surface area (TPSA) is 51.6 Å². The van der Waals surface area contributed by atoms with Gasteiger partial charge in [0.1, 0.15) is 17.2 Å². The van der Waals surface area contributed by atoms with Crippen LogP contribution in [0.5, 0.6) is 0 Å². The summed E-state index contributed by atoms with van der Waals surface area (Å²) >= 11 is 6.06. The predicted octanol–water partition coefficient (Wildman–Crippen LogP) is 2.54. The number of halogens is 1. The second-order valence-electron chi connectivity index (χ2n) is 3.33. The maximum Gasteiger partial charge on any atom is 0.136 e. The van der Waals surface area contributed by atoms with Crippen molar-refractivity contribution in [3.05, 3.63) is 35.6 Å². The Bertz CT molecular complexity index is 473. The molecule has 2 rings (SSSR count). The third-order valence-corrected chi connectivity index (χ3v) is 2.52. The molecule has 0 aromatic carbocycles. The number of hydrogen-bond donors (Lipinski definition) is 0. The molecule has 2 aromatic heterocycles. The van der Waals surface area contributed by atoms with Crippen molar-refractivity contribution >= 4 is 11.6 Å². The maximum atomic E-state index is 6.06. The SMILES string of the molecule is CCCc1c(Cl)ncnc1-c1cnccn1. The fraction of sp³-hybridized carbons (Fsp3) is 0.273. The molecule has 0 fully saturated rings. The number of aromatic nitrogens is 4. The Morgan fingerprint density at radius 2 is 2.06 bits per heavy atom. The smallest absolute Gasteiger partial charge is 0.136 e. The molecule has 0 aliphatic heterocycles. The molecule has 2 aromatic rings. The van der Waals surface area contributed by atoms with Crippen LogP contribution in [0.25, 0.3) is 11.4 Å². The van der Waals surface area contributed by atoms with Gasteiger partial charge < -0.3 is 0 Å². The molecule has 0 saturated heterocycles. The molecule has 0 amide bonds. The summed E-state index contributed by atoms with van der Waals surface area (Å²) < 4.78 is 0. The van der Waals surface area contributed by atoms with Gasteiger partial charge in [0.05, 0.1) is 11.9 Å². The van der Waals surface area contributed by atoms with Crippen molar-refractivity contribution in [3.8, 4) is 11.4 Å². The van der Waals surface area contributed by atoms with Gasteiger partial charge in [0.25, 0.3) is 0 Å². The standard InChI is InChI=1S/C11H11ClN4/c1-2-3-8-10(15-7-16-11(8)12)9-6-13-4-5-14-9/h4-7H,2-3H2,1H3. The van der Waals surface area contributed by atoms with E-state index in [9.17, 15) is 0 Å². The lowest BCUT2D eigenvalue weighted by Gasteiger charge is -2.07. The van der Waals surface area contributed by atoms with Gasteiger partial charge in [0, 0.05) is 18.0 Å². The van der Waals surface area contributed by atoms with Crippen LogP contribution in [-0.4, -0.2) is 19.9 Å². The van der Waals surface area contributed by atoms with Crippen LogP contribution in [0.3, 0.4) is 0 Å². The van der Waals surface area contributed by atoms with E-state index in [1.165, 1.54) is 6.33 Å². The lowest BCUT2D eigenvalue weighted by molar-refractivity contribution is 0.901. The van der Waals surface area contributed by atoms with E-state index in [1.54, 1.807) is 18.6 Å². The maximum absolute atomic E-state index is 6.06. The van der Waals surface area contributed by atoms with Crippen LogP contribution in [-0.2, 0) is 6.42 Å². The van der Waals surface area contributed by atoms with Crippen LogP contribution in [0.1, 0.15) is 18.9 Å². The highest BCUT2D eigenvalue weighted by Crippen LogP contribution is 2.24. The monoisotopic (exact) mass is 234 g/mol. The van der Waals surface area contributed by atoms with Crippen molar-refractivity contribution in [1.29, 1.82) is 0 Å². The third kappa shape index (κ3) is 2.17. The molecule has 16 heavy (non-hydrogen) atoms. The summed E-state index contributed by atoms with van der Waals surface area (Å²) in [5, 5.41) is 0.498. The van der Waals surface area contributed by atoms with Crippen LogP contribution in [0.4, 0.5) is 0 Å². The lowest BCUT2D eigenvalue weighted by Crippen LogP contribution is -1.98. The van der Waals surface area contributed by atoms with E-state index in [0.717, 1.165) is 29.8 Å². The quantitative estimate of drug-likeness (QED) is 0.766. The molecule has 4 nitrogen and oxygen atoms in total. The van der Waals surface area contributed by atoms with Crippen LogP contribution in [0, 0.1) is 0 Å². The largest absolute Gasteiger partial charge is 0.261 e. The van der Waals surface area contributed by atoms with Crippen molar-refractivity contribution in [1.82, 2.24) is 19.9 Å². The highest BCUT2D eigenvalue weighted by atomic mass is 35.5. The summed E-state index contributed by atoms with van der Waals surface area (Å²) in [6, 6.07) is 0.